The molecule has 1 aliphatic carbocycles. The van der Waals surface area contributed by atoms with Gasteiger partial charge in [0, 0.05) is 10.9 Å². The first-order valence-corrected chi connectivity index (χ1v) is 8.07. The van der Waals surface area contributed by atoms with Gasteiger partial charge in [0.15, 0.2) is 0 Å². The predicted octanol–water partition coefficient (Wildman–Crippen LogP) is 4.66. The third-order valence-electron chi connectivity index (χ3n) is 4.55. The lowest BCUT2D eigenvalue weighted by Crippen LogP contribution is -2.46. The Morgan fingerprint density at radius 1 is 1.30 bits per heavy atom. The fourth-order valence-corrected chi connectivity index (χ4v) is 3.44. The third-order valence-corrected chi connectivity index (χ3v) is 4.79. The molecule has 0 atom stereocenters. The van der Waals surface area contributed by atoms with Crippen LogP contribution in [0.2, 0.25) is 5.02 Å². The highest BCUT2D eigenvalue weighted by Crippen LogP contribution is 2.39. The SMILES string of the molecule is CCC(CC)C(=O)NC1(c2cccc(Cl)c2)CCCC1. The van der Waals surface area contributed by atoms with E-state index in [0.717, 1.165) is 49.1 Å². The van der Waals surface area contributed by atoms with Gasteiger partial charge in [-0.05, 0) is 43.4 Å². The van der Waals surface area contributed by atoms with E-state index in [9.17, 15) is 4.79 Å². The lowest BCUT2D eigenvalue weighted by Gasteiger charge is -2.32. The van der Waals surface area contributed by atoms with Crippen LogP contribution >= 0.6 is 11.6 Å². The molecule has 0 bridgehead atoms. The van der Waals surface area contributed by atoms with E-state index in [1.807, 2.05) is 18.2 Å². The molecule has 0 radical (unpaired) electrons. The zero-order valence-corrected chi connectivity index (χ0v) is 13.2. The number of amides is 1. The van der Waals surface area contributed by atoms with Crippen LogP contribution < -0.4 is 5.32 Å². The Balaban J connectivity index is 2.24. The van der Waals surface area contributed by atoms with E-state index in [-0.39, 0.29) is 17.4 Å². The van der Waals surface area contributed by atoms with E-state index in [4.69, 9.17) is 11.6 Å². The van der Waals surface area contributed by atoms with E-state index < -0.39 is 0 Å². The van der Waals surface area contributed by atoms with Crippen LogP contribution in [-0.4, -0.2) is 5.91 Å². The minimum absolute atomic E-state index is 0.117. The summed E-state index contributed by atoms with van der Waals surface area (Å²) in [6, 6.07) is 7.95. The second kappa shape index (κ2) is 6.62. The number of hydrogen-bond donors (Lipinski definition) is 1. The molecule has 20 heavy (non-hydrogen) atoms. The Kier molecular flexibility index (Phi) is 5.09. The fourth-order valence-electron chi connectivity index (χ4n) is 3.25. The van der Waals surface area contributed by atoms with E-state index in [1.165, 1.54) is 0 Å². The maximum Gasteiger partial charge on any atom is 0.223 e. The highest BCUT2D eigenvalue weighted by Gasteiger charge is 2.38. The minimum Gasteiger partial charge on any atom is -0.346 e. The zero-order valence-electron chi connectivity index (χ0n) is 12.4. The van der Waals surface area contributed by atoms with Gasteiger partial charge in [-0.2, -0.15) is 0 Å². The average molecular weight is 294 g/mol. The Morgan fingerprint density at radius 2 is 1.95 bits per heavy atom. The second-order valence-electron chi connectivity index (χ2n) is 5.80. The third kappa shape index (κ3) is 3.17. The molecule has 110 valence electrons. The van der Waals surface area contributed by atoms with Crippen molar-refractivity contribution in [2.45, 2.75) is 57.9 Å². The number of carbonyl (C=O) groups is 1. The summed E-state index contributed by atoms with van der Waals surface area (Å²) in [5, 5.41) is 4.08. The molecular weight excluding hydrogens is 270 g/mol. The summed E-state index contributed by atoms with van der Waals surface area (Å²) < 4.78 is 0. The summed E-state index contributed by atoms with van der Waals surface area (Å²) in [5.74, 6) is 0.309. The topological polar surface area (TPSA) is 29.1 Å². The van der Waals surface area contributed by atoms with Crippen molar-refractivity contribution >= 4 is 17.5 Å². The molecular formula is C17H24ClNO. The maximum atomic E-state index is 12.5. The number of benzene rings is 1. The van der Waals surface area contributed by atoms with Crippen molar-refractivity contribution in [2.75, 3.05) is 0 Å². The first-order chi connectivity index (χ1) is 9.61. The van der Waals surface area contributed by atoms with Crippen LogP contribution in [-0.2, 0) is 10.3 Å². The van der Waals surface area contributed by atoms with Crippen molar-refractivity contribution in [1.29, 1.82) is 0 Å². The van der Waals surface area contributed by atoms with Crippen LogP contribution in [0.25, 0.3) is 0 Å². The summed E-state index contributed by atoms with van der Waals surface area (Å²) in [6.07, 6.45) is 6.14. The summed E-state index contributed by atoms with van der Waals surface area (Å²) in [7, 11) is 0. The Labute approximate surface area is 126 Å². The standard InChI is InChI=1S/C17H24ClNO/c1-3-13(4-2)16(20)19-17(10-5-6-11-17)14-8-7-9-15(18)12-14/h7-9,12-13H,3-6,10-11H2,1-2H3,(H,19,20). The van der Waals surface area contributed by atoms with Gasteiger partial charge in [-0.15, -0.1) is 0 Å². The van der Waals surface area contributed by atoms with Crippen LogP contribution in [0.15, 0.2) is 24.3 Å². The summed E-state index contributed by atoms with van der Waals surface area (Å²) in [5.41, 5.74) is 0.951. The van der Waals surface area contributed by atoms with Crippen molar-refractivity contribution in [2.24, 2.45) is 5.92 Å². The number of halogens is 1. The summed E-state index contributed by atoms with van der Waals surface area (Å²) >= 11 is 6.13. The molecule has 3 heteroatoms. The number of nitrogens with one attached hydrogen (secondary N) is 1. The predicted molar refractivity (Wildman–Crippen MR) is 83.8 cm³/mol. The van der Waals surface area contributed by atoms with E-state index in [1.54, 1.807) is 0 Å². The lowest BCUT2D eigenvalue weighted by atomic mass is 9.87. The minimum atomic E-state index is -0.204. The quantitative estimate of drug-likeness (QED) is 0.840. The molecule has 1 aromatic carbocycles. The zero-order chi connectivity index (χ0) is 14.6. The molecule has 1 amide bonds. The largest absolute Gasteiger partial charge is 0.346 e. The van der Waals surface area contributed by atoms with Crippen LogP contribution in [0.5, 0.6) is 0 Å². The number of carbonyl (C=O) groups excluding carboxylic acids is 1. The van der Waals surface area contributed by atoms with E-state index in [0.29, 0.717) is 0 Å². The summed E-state index contributed by atoms with van der Waals surface area (Å²) in [6.45, 7) is 4.16. The Hall–Kier alpha value is -1.02. The van der Waals surface area contributed by atoms with Gasteiger partial charge in [0.1, 0.15) is 0 Å². The van der Waals surface area contributed by atoms with Gasteiger partial charge in [0.05, 0.1) is 5.54 Å². The van der Waals surface area contributed by atoms with Crippen molar-refractivity contribution in [3.8, 4) is 0 Å². The molecule has 0 aliphatic heterocycles. The van der Waals surface area contributed by atoms with Gasteiger partial charge in [-0.1, -0.05) is 50.4 Å². The molecule has 1 saturated carbocycles. The molecule has 0 unspecified atom stereocenters. The van der Waals surface area contributed by atoms with Gasteiger partial charge >= 0.3 is 0 Å². The molecule has 0 heterocycles. The molecule has 1 N–H and O–H groups in total. The van der Waals surface area contributed by atoms with Crippen molar-refractivity contribution in [1.82, 2.24) is 5.32 Å². The van der Waals surface area contributed by atoms with Crippen molar-refractivity contribution in [3.63, 3.8) is 0 Å². The van der Waals surface area contributed by atoms with Crippen LogP contribution in [0.3, 0.4) is 0 Å². The van der Waals surface area contributed by atoms with Crippen LogP contribution in [0.4, 0.5) is 0 Å². The molecule has 2 rings (SSSR count). The van der Waals surface area contributed by atoms with Crippen LogP contribution in [0, 0.1) is 5.92 Å². The Morgan fingerprint density at radius 3 is 2.50 bits per heavy atom. The van der Waals surface area contributed by atoms with E-state index >= 15 is 0 Å². The maximum absolute atomic E-state index is 12.5. The molecule has 2 nitrogen and oxygen atoms in total. The molecule has 0 aromatic heterocycles. The fraction of sp³-hybridized carbons (Fsp3) is 0.588. The Bertz CT molecular complexity index is 462. The number of hydrogen-bond acceptors (Lipinski definition) is 1. The van der Waals surface area contributed by atoms with Gasteiger partial charge in [0.2, 0.25) is 5.91 Å². The monoisotopic (exact) mass is 293 g/mol. The summed E-state index contributed by atoms with van der Waals surface area (Å²) in [4.78, 5) is 12.5. The smallest absolute Gasteiger partial charge is 0.223 e. The highest BCUT2D eigenvalue weighted by molar-refractivity contribution is 6.30. The second-order valence-corrected chi connectivity index (χ2v) is 6.24. The highest BCUT2D eigenvalue weighted by atomic mass is 35.5. The molecule has 1 aliphatic rings. The molecule has 0 spiro atoms. The van der Waals surface area contributed by atoms with Gasteiger partial charge in [-0.25, -0.2) is 0 Å². The first-order valence-electron chi connectivity index (χ1n) is 7.69. The lowest BCUT2D eigenvalue weighted by molar-refractivity contribution is -0.127. The number of rotatable bonds is 5. The van der Waals surface area contributed by atoms with Crippen LogP contribution in [0.1, 0.15) is 57.9 Å². The van der Waals surface area contributed by atoms with E-state index in [2.05, 4.69) is 25.2 Å². The van der Waals surface area contributed by atoms with Gasteiger partial charge < -0.3 is 5.32 Å². The first kappa shape index (κ1) is 15.4. The van der Waals surface area contributed by atoms with Crippen molar-refractivity contribution < 1.29 is 4.79 Å². The van der Waals surface area contributed by atoms with Crippen molar-refractivity contribution in [3.05, 3.63) is 34.9 Å². The molecule has 0 saturated heterocycles. The molecule has 1 aromatic rings. The average Bonchev–Trinajstić information content (AvgIpc) is 2.90. The normalized spacial score (nSPS) is 17.4. The van der Waals surface area contributed by atoms with Gasteiger partial charge in [-0.3, -0.25) is 4.79 Å². The van der Waals surface area contributed by atoms with Gasteiger partial charge in [0.25, 0.3) is 0 Å². The molecule has 1 fully saturated rings.